The van der Waals surface area contributed by atoms with E-state index in [2.05, 4.69) is 6.92 Å². The highest BCUT2D eigenvalue weighted by Gasteiger charge is 2.06. The summed E-state index contributed by atoms with van der Waals surface area (Å²) in [6.07, 6.45) is 4.70. The Morgan fingerprint density at radius 3 is 2.36 bits per heavy atom. The fourth-order valence-electron chi connectivity index (χ4n) is 0.736. The van der Waals surface area contributed by atoms with Crippen LogP contribution in [-0.4, -0.2) is 5.75 Å². The van der Waals surface area contributed by atoms with Crippen LogP contribution < -0.4 is 11.0 Å². The van der Waals surface area contributed by atoms with Gasteiger partial charge in [-0.3, -0.25) is 15.6 Å². The van der Waals surface area contributed by atoms with Gasteiger partial charge in [0.1, 0.15) is 0 Å². The maximum absolute atomic E-state index is 10.8. The smallest absolute Gasteiger partial charge is 0.261 e. The second-order valence-electron chi connectivity index (χ2n) is 2.54. The van der Waals surface area contributed by atoms with E-state index < -0.39 is 6.65 Å². The average Bonchev–Trinajstić information content (AvgIpc) is 1.85. The Bertz CT molecular complexity index is 137. The Morgan fingerprint density at radius 1 is 1.27 bits per heavy atom. The van der Waals surface area contributed by atoms with Crippen LogP contribution in [0.15, 0.2) is 0 Å². The van der Waals surface area contributed by atoms with Gasteiger partial charge in [0.15, 0.2) is 0 Å². The third-order valence-electron chi connectivity index (χ3n) is 1.29. The molecule has 0 aliphatic heterocycles. The second-order valence-corrected chi connectivity index (χ2v) is 6.98. The number of hydrogen-bond donors (Lipinski definition) is 2. The van der Waals surface area contributed by atoms with Crippen molar-refractivity contribution in [2.75, 3.05) is 5.75 Å². The predicted octanol–water partition coefficient (Wildman–Crippen LogP) is 2.33. The van der Waals surface area contributed by atoms with E-state index in [9.17, 15) is 4.57 Å². The molecule has 0 aliphatic carbocycles. The van der Waals surface area contributed by atoms with E-state index in [4.69, 9.17) is 11.0 Å². The summed E-state index contributed by atoms with van der Waals surface area (Å²) in [6, 6.07) is 0. The van der Waals surface area contributed by atoms with Crippen LogP contribution in [0.2, 0.25) is 0 Å². The molecule has 0 aliphatic rings. The molecule has 0 spiro atoms. The lowest BCUT2D eigenvalue weighted by Gasteiger charge is -2.04. The molecule has 0 aromatic heterocycles. The Kier molecular flexibility index (Phi) is 6.34. The third kappa shape index (κ3) is 10.5. The predicted molar refractivity (Wildman–Crippen MR) is 52.6 cm³/mol. The molecule has 3 nitrogen and oxygen atoms in total. The van der Waals surface area contributed by atoms with Crippen LogP contribution in [0.25, 0.3) is 0 Å². The summed E-state index contributed by atoms with van der Waals surface area (Å²) < 4.78 is 10.8. The number of rotatable bonds is 6. The molecule has 4 N–H and O–H groups in total. The maximum Gasteiger partial charge on any atom is 0.261 e. The first kappa shape index (κ1) is 11.5. The van der Waals surface area contributed by atoms with Crippen LogP contribution in [0.4, 0.5) is 0 Å². The lowest BCUT2D eigenvalue weighted by molar-refractivity contribution is 0.586. The van der Waals surface area contributed by atoms with Crippen LogP contribution in [0.1, 0.15) is 32.6 Å². The molecule has 0 radical (unpaired) electrons. The first-order chi connectivity index (χ1) is 5.06. The highest BCUT2D eigenvalue weighted by Crippen LogP contribution is 2.42. The summed E-state index contributed by atoms with van der Waals surface area (Å²) in [5.41, 5.74) is 10.3. The van der Waals surface area contributed by atoms with Crippen molar-refractivity contribution < 1.29 is 4.57 Å². The maximum atomic E-state index is 10.8. The minimum Gasteiger partial charge on any atom is -0.277 e. The van der Waals surface area contributed by atoms with E-state index in [1.807, 2.05) is 0 Å². The fraction of sp³-hybridized carbons (Fsp3) is 1.00. The van der Waals surface area contributed by atoms with E-state index in [-0.39, 0.29) is 0 Å². The molecule has 0 unspecified atom stereocenters. The highest BCUT2D eigenvalue weighted by atomic mass is 32.7. The van der Waals surface area contributed by atoms with Crippen molar-refractivity contribution in [1.29, 1.82) is 0 Å². The lowest BCUT2D eigenvalue weighted by atomic mass is 10.2. The van der Waals surface area contributed by atoms with Crippen LogP contribution >= 0.6 is 18.0 Å². The van der Waals surface area contributed by atoms with Crippen molar-refractivity contribution in [2.24, 2.45) is 11.0 Å². The summed E-state index contributed by atoms with van der Waals surface area (Å²) in [6.45, 7) is -0.641. The summed E-state index contributed by atoms with van der Waals surface area (Å²) in [5.74, 6) is 0.824. The van der Waals surface area contributed by atoms with Gasteiger partial charge < -0.3 is 0 Å². The highest BCUT2D eigenvalue weighted by molar-refractivity contribution is 8.56. The summed E-state index contributed by atoms with van der Waals surface area (Å²) in [5, 5.41) is 0. The summed E-state index contributed by atoms with van der Waals surface area (Å²) >= 11 is 1.20. The van der Waals surface area contributed by atoms with Gasteiger partial charge >= 0.3 is 0 Å². The summed E-state index contributed by atoms with van der Waals surface area (Å²) in [7, 11) is 0. The molecular weight excluding hydrogens is 179 g/mol. The zero-order valence-corrected chi connectivity index (χ0v) is 8.66. The van der Waals surface area contributed by atoms with Crippen LogP contribution in [0.5, 0.6) is 0 Å². The van der Waals surface area contributed by atoms with E-state index in [0.717, 1.165) is 12.2 Å². The van der Waals surface area contributed by atoms with Gasteiger partial charge in [-0.15, -0.1) is 0 Å². The zero-order valence-electron chi connectivity index (χ0n) is 6.95. The van der Waals surface area contributed by atoms with Gasteiger partial charge in [-0.05, 0) is 6.42 Å². The Hall–Kier alpha value is 0.500. The molecule has 0 bridgehead atoms. The van der Waals surface area contributed by atoms with Crippen LogP contribution in [0.3, 0.4) is 0 Å². The molecule has 0 aromatic carbocycles. The van der Waals surface area contributed by atoms with Gasteiger partial charge in [0.25, 0.3) is 6.65 Å². The number of hydrogen-bond acceptors (Lipinski definition) is 2. The molecule has 0 saturated heterocycles. The zero-order chi connectivity index (χ0) is 8.74. The molecule has 0 saturated carbocycles. The SMILES string of the molecule is CCCCCCSP(N)(N)=O. The van der Waals surface area contributed by atoms with Gasteiger partial charge in [0.2, 0.25) is 0 Å². The van der Waals surface area contributed by atoms with Crippen molar-refractivity contribution in [3.63, 3.8) is 0 Å². The molecule has 0 atom stereocenters. The van der Waals surface area contributed by atoms with Crippen molar-refractivity contribution >= 4 is 18.0 Å². The normalized spacial score (nSPS) is 11.9. The van der Waals surface area contributed by atoms with Crippen molar-refractivity contribution in [2.45, 2.75) is 32.6 Å². The van der Waals surface area contributed by atoms with Crippen LogP contribution in [-0.2, 0) is 4.57 Å². The van der Waals surface area contributed by atoms with Crippen molar-refractivity contribution in [1.82, 2.24) is 0 Å². The van der Waals surface area contributed by atoms with Crippen LogP contribution in [0, 0.1) is 0 Å². The number of nitrogens with two attached hydrogens (primary N) is 2. The van der Waals surface area contributed by atoms with E-state index in [1.165, 1.54) is 30.6 Å². The molecule has 5 heteroatoms. The number of unbranched alkanes of at least 4 members (excludes halogenated alkanes) is 3. The molecule has 0 rings (SSSR count). The largest absolute Gasteiger partial charge is 0.277 e. The van der Waals surface area contributed by atoms with Gasteiger partial charge in [0.05, 0.1) is 0 Å². The molecule has 11 heavy (non-hydrogen) atoms. The lowest BCUT2D eigenvalue weighted by Crippen LogP contribution is -2.00. The third-order valence-corrected chi connectivity index (χ3v) is 3.92. The van der Waals surface area contributed by atoms with E-state index >= 15 is 0 Å². The minimum absolute atomic E-state index is 0.824. The van der Waals surface area contributed by atoms with Crippen molar-refractivity contribution in [3.8, 4) is 0 Å². The first-order valence-corrected chi connectivity index (χ1v) is 7.31. The summed E-state index contributed by atoms with van der Waals surface area (Å²) in [4.78, 5) is 0. The quantitative estimate of drug-likeness (QED) is 0.505. The molecule has 0 fully saturated rings. The molecule has 0 amide bonds. The van der Waals surface area contributed by atoms with E-state index in [0.29, 0.717) is 0 Å². The first-order valence-electron chi connectivity index (χ1n) is 3.88. The second kappa shape index (κ2) is 6.06. The Morgan fingerprint density at radius 2 is 1.91 bits per heavy atom. The van der Waals surface area contributed by atoms with Gasteiger partial charge in [-0.1, -0.05) is 37.6 Å². The molecule has 0 aromatic rings. The van der Waals surface area contributed by atoms with Crippen molar-refractivity contribution in [3.05, 3.63) is 0 Å². The van der Waals surface area contributed by atoms with E-state index in [1.54, 1.807) is 0 Å². The Balaban J connectivity index is 3.09. The fourth-order valence-corrected chi connectivity index (χ4v) is 2.60. The van der Waals surface area contributed by atoms with Gasteiger partial charge in [-0.2, -0.15) is 0 Å². The molecule has 0 heterocycles. The molecular formula is C6H17N2OPS. The standard InChI is InChI=1S/C6H17N2OPS/c1-2-3-4-5-6-11-10(7,8)9/h2-6H2,1H3,(H4,7,8,9). The topological polar surface area (TPSA) is 69.1 Å². The Labute approximate surface area is 72.5 Å². The average molecular weight is 196 g/mol. The van der Waals surface area contributed by atoms with Gasteiger partial charge in [0, 0.05) is 5.75 Å². The van der Waals surface area contributed by atoms with Gasteiger partial charge in [-0.25, -0.2) is 0 Å². The molecule has 68 valence electrons. The minimum atomic E-state index is -2.80. The monoisotopic (exact) mass is 196 g/mol.